The molecule has 38 heavy (non-hydrogen) atoms. The van der Waals surface area contributed by atoms with Crippen LogP contribution in [-0.2, 0) is 16.4 Å². The molecular weight excluding hydrogens is 551 g/mol. The van der Waals surface area contributed by atoms with Crippen LogP contribution in [0.3, 0.4) is 0 Å². The summed E-state index contributed by atoms with van der Waals surface area (Å²) in [6, 6.07) is 16.2. The fourth-order valence-corrected chi connectivity index (χ4v) is 6.11. The number of hydrogen-bond donors (Lipinski definition) is 2. The van der Waals surface area contributed by atoms with Gasteiger partial charge in [0.25, 0.3) is 0 Å². The lowest BCUT2D eigenvalue weighted by atomic mass is 9.82. The second-order valence-electron chi connectivity index (χ2n) is 9.64. The lowest BCUT2D eigenvalue weighted by Gasteiger charge is -2.29. The summed E-state index contributed by atoms with van der Waals surface area (Å²) in [5.74, 6) is 0.0120. The van der Waals surface area contributed by atoms with Gasteiger partial charge in [-0.3, -0.25) is 4.98 Å². The number of pyridine rings is 1. The smallest absolute Gasteiger partial charge is 0.243 e. The van der Waals surface area contributed by atoms with Gasteiger partial charge in [0.2, 0.25) is 10.0 Å². The molecule has 3 aromatic rings. The molecule has 1 fully saturated rings. The second kappa shape index (κ2) is 15.5. The van der Waals surface area contributed by atoms with Crippen LogP contribution in [0, 0.1) is 23.5 Å². The Hall–Kier alpha value is -2.10. The molecule has 0 spiro atoms. The Kier molecular flexibility index (Phi) is 13.1. The van der Waals surface area contributed by atoms with E-state index < -0.39 is 15.8 Å². The topological polar surface area (TPSA) is 71.1 Å². The fourth-order valence-electron chi connectivity index (χ4n) is 4.92. The molecule has 0 aliphatic heterocycles. The van der Waals surface area contributed by atoms with Crippen LogP contribution in [0.4, 0.5) is 8.78 Å². The van der Waals surface area contributed by atoms with Gasteiger partial charge in [0.05, 0.1) is 0 Å². The van der Waals surface area contributed by atoms with Crippen molar-refractivity contribution in [3.8, 4) is 0 Å². The van der Waals surface area contributed by atoms with Crippen LogP contribution in [0.15, 0.2) is 78.0 Å². The summed E-state index contributed by atoms with van der Waals surface area (Å²) in [7, 11) is -3.85. The lowest BCUT2D eigenvalue weighted by molar-refractivity contribution is 0.267. The highest BCUT2D eigenvalue weighted by Crippen LogP contribution is 2.29. The average molecular weight is 587 g/mol. The summed E-state index contributed by atoms with van der Waals surface area (Å²) in [5.41, 5.74) is 2.24. The molecule has 5 nitrogen and oxygen atoms in total. The van der Waals surface area contributed by atoms with E-state index in [4.69, 9.17) is 0 Å². The van der Waals surface area contributed by atoms with E-state index in [1.54, 1.807) is 6.20 Å². The van der Waals surface area contributed by atoms with Crippen LogP contribution >= 0.6 is 24.8 Å². The zero-order chi connectivity index (χ0) is 25.4. The summed E-state index contributed by atoms with van der Waals surface area (Å²) in [4.78, 5) is 3.92. The Morgan fingerprint density at radius 1 is 0.868 bits per heavy atom. The minimum atomic E-state index is -3.85. The zero-order valence-corrected chi connectivity index (χ0v) is 23.5. The van der Waals surface area contributed by atoms with Gasteiger partial charge in [-0.05, 0) is 91.9 Å². The molecule has 1 unspecified atom stereocenters. The van der Waals surface area contributed by atoms with Crippen molar-refractivity contribution in [2.24, 2.45) is 11.8 Å². The molecule has 0 bridgehead atoms. The molecule has 2 aromatic carbocycles. The molecule has 1 saturated carbocycles. The van der Waals surface area contributed by atoms with Crippen LogP contribution in [0.5, 0.6) is 0 Å². The third-order valence-corrected chi connectivity index (χ3v) is 8.48. The van der Waals surface area contributed by atoms with Crippen LogP contribution in [0.25, 0.3) is 0 Å². The van der Waals surface area contributed by atoms with Gasteiger partial charge < -0.3 is 5.32 Å². The molecule has 4 rings (SSSR count). The number of hydrogen-bond acceptors (Lipinski definition) is 4. The van der Waals surface area contributed by atoms with Gasteiger partial charge >= 0.3 is 0 Å². The van der Waals surface area contributed by atoms with E-state index >= 15 is 0 Å². The number of aromatic nitrogens is 1. The van der Waals surface area contributed by atoms with Gasteiger partial charge in [-0.2, -0.15) is 0 Å². The third-order valence-electron chi connectivity index (χ3n) is 7.02. The van der Waals surface area contributed by atoms with E-state index in [1.165, 1.54) is 30.3 Å². The van der Waals surface area contributed by atoms with Crippen LogP contribution in [0.2, 0.25) is 0 Å². The van der Waals surface area contributed by atoms with E-state index in [-0.39, 0.29) is 47.4 Å². The summed E-state index contributed by atoms with van der Waals surface area (Å²) in [6.45, 7) is 2.00. The molecular formula is C28H35Cl2F2N3O2S. The zero-order valence-electron chi connectivity index (χ0n) is 21.1. The number of rotatable bonds is 11. The van der Waals surface area contributed by atoms with Crippen LogP contribution < -0.4 is 10.0 Å². The first-order valence-electron chi connectivity index (χ1n) is 12.5. The van der Waals surface area contributed by atoms with Crippen molar-refractivity contribution in [1.82, 2.24) is 15.0 Å². The molecule has 1 aliphatic carbocycles. The molecule has 0 radical (unpaired) electrons. The Labute approximate surface area is 236 Å². The monoisotopic (exact) mass is 585 g/mol. The van der Waals surface area contributed by atoms with Crippen molar-refractivity contribution in [3.05, 3.63) is 95.8 Å². The molecule has 1 aliphatic rings. The minimum absolute atomic E-state index is 0. The fraction of sp³-hybridized carbons (Fsp3) is 0.393. The first-order chi connectivity index (χ1) is 17.4. The molecule has 10 heteroatoms. The molecule has 1 atom stereocenters. The summed E-state index contributed by atoms with van der Waals surface area (Å²) in [6.07, 6.45) is 8.35. The lowest BCUT2D eigenvalue weighted by Crippen LogP contribution is -2.34. The Morgan fingerprint density at radius 3 is 2.16 bits per heavy atom. The molecule has 1 heterocycles. The SMILES string of the molecule is Cl.Cl.O=S(=O)(NC[C@H]1CC[C@H](CNCC(Cc2cccnc2)c2ccc(F)cc2)CC1)c1ccccc1F. The van der Waals surface area contributed by atoms with Gasteiger partial charge in [0.1, 0.15) is 16.5 Å². The number of halogens is 4. The minimum Gasteiger partial charge on any atom is -0.316 e. The van der Waals surface area contributed by atoms with E-state index in [0.717, 1.165) is 62.4 Å². The first kappa shape index (κ1) is 32.1. The molecule has 1 aromatic heterocycles. The Morgan fingerprint density at radius 2 is 1.53 bits per heavy atom. The molecule has 0 saturated heterocycles. The quantitative estimate of drug-likeness (QED) is 0.294. The highest BCUT2D eigenvalue weighted by Gasteiger charge is 2.24. The Bertz CT molecular complexity index is 1210. The Balaban J connectivity index is 0.00000253. The average Bonchev–Trinajstić information content (AvgIpc) is 2.89. The van der Waals surface area contributed by atoms with Crippen LogP contribution in [-0.4, -0.2) is 33.0 Å². The van der Waals surface area contributed by atoms with E-state index in [0.29, 0.717) is 12.5 Å². The third kappa shape index (κ3) is 9.27. The van der Waals surface area contributed by atoms with Gasteiger partial charge in [-0.1, -0.05) is 30.3 Å². The van der Waals surface area contributed by atoms with Crippen molar-refractivity contribution >= 4 is 34.8 Å². The highest BCUT2D eigenvalue weighted by molar-refractivity contribution is 7.89. The molecule has 0 amide bonds. The maximum atomic E-state index is 13.9. The number of nitrogens with zero attached hydrogens (tertiary/aromatic N) is 1. The number of sulfonamides is 1. The van der Waals surface area contributed by atoms with Gasteiger partial charge in [0.15, 0.2) is 0 Å². The standard InChI is InChI=1S/C28H33F2N3O2S.2ClH/c29-26-13-11-24(12-14-26)25(16-23-4-3-15-31-18-23)20-32-17-21-7-9-22(10-8-21)19-33-36(34,35)28-6-2-1-5-27(28)30;;/h1-6,11-15,18,21-22,25,32-33H,7-10,16-17,19-20H2;2*1H/t21-,22-,25?;;. The van der Waals surface area contributed by atoms with Gasteiger partial charge in [-0.15, -0.1) is 24.8 Å². The first-order valence-corrected chi connectivity index (χ1v) is 14.0. The largest absolute Gasteiger partial charge is 0.316 e. The van der Waals surface area contributed by atoms with Gasteiger partial charge in [-0.25, -0.2) is 21.9 Å². The van der Waals surface area contributed by atoms with Crippen LogP contribution in [0.1, 0.15) is 42.7 Å². The van der Waals surface area contributed by atoms with Crippen molar-refractivity contribution in [2.45, 2.75) is 42.9 Å². The number of benzene rings is 2. The summed E-state index contributed by atoms with van der Waals surface area (Å²) >= 11 is 0. The van der Waals surface area contributed by atoms with Crippen molar-refractivity contribution < 1.29 is 17.2 Å². The van der Waals surface area contributed by atoms with E-state index in [2.05, 4.69) is 21.1 Å². The van der Waals surface area contributed by atoms with Gasteiger partial charge in [0, 0.05) is 31.4 Å². The predicted molar refractivity (Wildman–Crippen MR) is 151 cm³/mol. The molecule has 208 valence electrons. The normalized spacial score (nSPS) is 18.2. The summed E-state index contributed by atoms with van der Waals surface area (Å²) < 4.78 is 54.8. The molecule has 2 N–H and O–H groups in total. The van der Waals surface area contributed by atoms with Crippen molar-refractivity contribution in [3.63, 3.8) is 0 Å². The summed E-state index contributed by atoms with van der Waals surface area (Å²) in [5, 5.41) is 3.62. The predicted octanol–water partition coefficient (Wildman–Crippen LogP) is 5.90. The van der Waals surface area contributed by atoms with Crippen molar-refractivity contribution in [2.75, 3.05) is 19.6 Å². The van der Waals surface area contributed by atoms with E-state index in [1.807, 2.05) is 24.4 Å². The van der Waals surface area contributed by atoms with E-state index in [9.17, 15) is 17.2 Å². The number of nitrogens with one attached hydrogen (secondary N) is 2. The van der Waals surface area contributed by atoms with Crippen molar-refractivity contribution in [1.29, 1.82) is 0 Å². The highest BCUT2D eigenvalue weighted by atomic mass is 35.5. The maximum Gasteiger partial charge on any atom is 0.243 e. The second-order valence-corrected chi connectivity index (χ2v) is 11.4. The maximum absolute atomic E-state index is 13.9.